The predicted molar refractivity (Wildman–Crippen MR) is 130 cm³/mol. The SMILES string of the molecule is CCCCCOc1cccc(C2/C(=C(\O)c3ccc(OCC)cc3)C(=O)C(=O)N2CCOC)c1. The highest BCUT2D eigenvalue weighted by molar-refractivity contribution is 6.46. The van der Waals surface area contributed by atoms with Gasteiger partial charge >= 0.3 is 0 Å². The fraction of sp³-hybridized carbons (Fsp3) is 0.407. The Bertz CT molecular complexity index is 1010. The van der Waals surface area contributed by atoms with E-state index in [-0.39, 0.29) is 24.5 Å². The number of nitrogens with zero attached hydrogens (tertiary/aromatic N) is 1. The Morgan fingerprint density at radius 2 is 1.74 bits per heavy atom. The first kappa shape index (κ1) is 25.3. The first-order chi connectivity index (χ1) is 16.5. The van der Waals surface area contributed by atoms with Crippen molar-refractivity contribution in [3.05, 3.63) is 65.2 Å². The van der Waals surface area contributed by atoms with Gasteiger partial charge in [0.15, 0.2) is 0 Å². The summed E-state index contributed by atoms with van der Waals surface area (Å²) in [6, 6.07) is 13.4. The third-order valence-corrected chi connectivity index (χ3v) is 5.71. The molecule has 1 unspecified atom stereocenters. The number of hydrogen-bond donors (Lipinski definition) is 1. The fourth-order valence-corrected chi connectivity index (χ4v) is 3.99. The molecule has 7 nitrogen and oxygen atoms in total. The number of ether oxygens (including phenoxy) is 3. The number of hydrogen-bond acceptors (Lipinski definition) is 6. The molecule has 0 saturated carbocycles. The highest BCUT2D eigenvalue weighted by Gasteiger charge is 2.46. The summed E-state index contributed by atoms with van der Waals surface area (Å²) < 4.78 is 16.5. The van der Waals surface area contributed by atoms with Gasteiger partial charge < -0.3 is 24.2 Å². The summed E-state index contributed by atoms with van der Waals surface area (Å²) in [6.07, 6.45) is 3.13. The molecule has 1 aliphatic rings. The van der Waals surface area contributed by atoms with E-state index in [4.69, 9.17) is 14.2 Å². The zero-order chi connectivity index (χ0) is 24.5. The number of methoxy groups -OCH3 is 1. The van der Waals surface area contributed by atoms with E-state index in [0.717, 1.165) is 19.3 Å². The van der Waals surface area contributed by atoms with Gasteiger partial charge in [-0.25, -0.2) is 0 Å². The average Bonchev–Trinajstić information content (AvgIpc) is 3.10. The van der Waals surface area contributed by atoms with Crippen molar-refractivity contribution in [3.8, 4) is 11.5 Å². The van der Waals surface area contributed by atoms with Crippen LogP contribution in [0.1, 0.15) is 50.3 Å². The quantitative estimate of drug-likeness (QED) is 0.210. The molecule has 1 heterocycles. The molecule has 0 aliphatic carbocycles. The van der Waals surface area contributed by atoms with Gasteiger partial charge in [-0.05, 0) is 55.3 Å². The molecule has 0 aromatic heterocycles. The van der Waals surface area contributed by atoms with Crippen LogP contribution in [0.25, 0.3) is 5.76 Å². The largest absolute Gasteiger partial charge is 0.507 e. The van der Waals surface area contributed by atoms with Gasteiger partial charge in [0, 0.05) is 19.2 Å². The van der Waals surface area contributed by atoms with Crippen LogP contribution in [0.15, 0.2) is 54.1 Å². The van der Waals surface area contributed by atoms with Crippen molar-refractivity contribution in [2.24, 2.45) is 0 Å². The molecule has 1 fully saturated rings. The van der Waals surface area contributed by atoms with Gasteiger partial charge in [0.25, 0.3) is 11.7 Å². The summed E-state index contributed by atoms with van der Waals surface area (Å²) in [5.74, 6) is -0.290. The zero-order valence-corrected chi connectivity index (χ0v) is 20.1. The molecular weight excluding hydrogens is 434 g/mol. The smallest absolute Gasteiger partial charge is 0.295 e. The number of ketones is 1. The molecule has 3 rings (SSSR count). The van der Waals surface area contributed by atoms with Crippen molar-refractivity contribution in [1.82, 2.24) is 4.90 Å². The second-order valence-corrected chi connectivity index (χ2v) is 8.07. The van der Waals surface area contributed by atoms with Crippen molar-refractivity contribution in [2.45, 2.75) is 39.2 Å². The highest BCUT2D eigenvalue weighted by atomic mass is 16.5. The van der Waals surface area contributed by atoms with Crippen LogP contribution < -0.4 is 9.47 Å². The van der Waals surface area contributed by atoms with Gasteiger partial charge in [0.2, 0.25) is 0 Å². The Labute approximate surface area is 200 Å². The number of Topliss-reactive ketones (excluding diaryl/α,β-unsaturated/α-hetero) is 1. The maximum absolute atomic E-state index is 13.1. The lowest BCUT2D eigenvalue weighted by Gasteiger charge is -2.25. The van der Waals surface area contributed by atoms with E-state index in [0.29, 0.717) is 35.8 Å². The van der Waals surface area contributed by atoms with Crippen LogP contribution in [0.2, 0.25) is 0 Å². The van der Waals surface area contributed by atoms with Gasteiger partial charge in [0.1, 0.15) is 17.3 Å². The summed E-state index contributed by atoms with van der Waals surface area (Å²) in [6.45, 7) is 5.61. The Balaban J connectivity index is 2.01. The summed E-state index contributed by atoms with van der Waals surface area (Å²) >= 11 is 0. The first-order valence-corrected chi connectivity index (χ1v) is 11.7. The van der Waals surface area contributed by atoms with E-state index in [1.54, 1.807) is 24.3 Å². The topological polar surface area (TPSA) is 85.3 Å². The van der Waals surface area contributed by atoms with Crippen LogP contribution in [-0.2, 0) is 14.3 Å². The molecule has 0 spiro atoms. The van der Waals surface area contributed by atoms with Crippen LogP contribution in [0, 0.1) is 0 Å². The number of carbonyl (C=O) groups is 2. The van der Waals surface area contributed by atoms with Gasteiger partial charge in [-0.3, -0.25) is 9.59 Å². The third-order valence-electron chi connectivity index (χ3n) is 5.71. The van der Waals surface area contributed by atoms with Gasteiger partial charge in [0.05, 0.1) is 31.4 Å². The normalized spacial score (nSPS) is 17.3. The molecule has 34 heavy (non-hydrogen) atoms. The number of amides is 1. The molecule has 1 saturated heterocycles. The highest BCUT2D eigenvalue weighted by Crippen LogP contribution is 2.40. The fourth-order valence-electron chi connectivity index (χ4n) is 3.99. The molecule has 182 valence electrons. The molecule has 2 aromatic carbocycles. The summed E-state index contributed by atoms with van der Waals surface area (Å²) in [4.78, 5) is 27.4. The predicted octanol–water partition coefficient (Wildman–Crippen LogP) is 4.72. The van der Waals surface area contributed by atoms with Crippen molar-refractivity contribution >= 4 is 17.4 Å². The Morgan fingerprint density at radius 1 is 0.971 bits per heavy atom. The molecule has 7 heteroatoms. The number of rotatable bonds is 12. The van der Waals surface area contributed by atoms with Crippen LogP contribution >= 0.6 is 0 Å². The number of unbranched alkanes of at least 4 members (excludes halogenated alkanes) is 2. The van der Waals surface area contributed by atoms with E-state index in [1.807, 2.05) is 31.2 Å². The molecule has 1 aliphatic heterocycles. The van der Waals surface area contributed by atoms with Crippen LogP contribution in [-0.4, -0.2) is 55.2 Å². The minimum absolute atomic E-state index is 0.0494. The van der Waals surface area contributed by atoms with Crippen molar-refractivity contribution in [2.75, 3.05) is 33.5 Å². The Kier molecular flexibility index (Phi) is 9.10. The molecule has 0 bridgehead atoms. The lowest BCUT2D eigenvalue weighted by atomic mass is 9.95. The van der Waals surface area contributed by atoms with E-state index >= 15 is 0 Å². The molecule has 0 radical (unpaired) electrons. The molecule has 2 aromatic rings. The Morgan fingerprint density at radius 3 is 2.41 bits per heavy atom. The number of benzene rings is 2. The minimum Gasteiger partial charge on any atom is -0.507 e. The number of carbonyl (C=O) groups excluding carboxylic acids is 2. The van der Waals surface area contributed by atoms with Crippen molar-refractivity contribution in [1.29, 1.82) is 0 Å². The molecule has 1 N–H and O–H groups in total. The maximum Gasteiger partial charge on any atom is 0.295 e. The van der Waals surface area contributed by atoms with E-state index in [2.05, 4.69) is 6.92 Å². The number of aliphatic hydroxyl groups excluding tert-OH is 1. The monoisotopic (exact) mass is 467 g/mol. The summed E-state index contributed by atoms with van der Waals surface area (Å²) in [5, 5.41) is 11.2. The van der Waals surface area contributed by atoms with Crippen molar-refractivity contribution in [3.63, 3.8) is 0 Å². The van der Waals surface area contributed by atoms with Gasteiger partial charge in [-0.2, -0.15) is 0 Å². The third kappa shape index (κ3) is 5.78. The standard InChI is InChI=1S/C27H33NO6/c1-4-6-7-16-34-22-10-8-9-20(18-22)24-23(26(30)27(31)28(24)15-17-32-3)25(29)19-11-13-21(14-12-19)33-5-2/h8-14,18,24,29H,4-7,15-17H2,1-3H3/b25-23+. The molecule has 1 atom stereocenters. The number of aliphatic hydroxyl groups is 1. The second kappa shape index (κ2) is 12.2. The molecular formula is C27H33NO6. The lowest BCUT2D eigenvalue weighted by molar-refractivity contribution is -0.140. The van der Waals surface area contributed by atoms with Crippen molar-refractivity contribution < 1.29 is 28.9 Å². The van der Waals surface area contributed by atoms with E-state index < -0.39 is 17.7 Å². The summed E-state index contributed by atoms with van der Waals surface area (Å²) in [7, 11) is 1.54. The zero-order valence-electron chi connectivity index (χ0n) is 20.1. The van der Waals surface area contributed by atoms with Crippen LogP contribution in [0.5, 0.6) is 11.5 Å². The summed E-state index contributed by atoms with van der Waals surface area (Å²) in [5.41, 5.74) is 1.18. The number of likely N-dealkylation sites (tertiary alicyclic amines) is 1. The lowest BCUT2D eigenvalue weighted by Crippen LogP contribution is -2.32. The van der Waals surface area contributed by atoms with Gasteiger partial charge in [-0.15, -0.1) is 0 Å². The van der Waals surface area contributed by atoms with Gasteiger partial charge in [-0.1, -0.05) is 31.9 Å². The van der Waals surface area contributed by atoms with E-state index in [9.17, 15) is 14.7 Å². The van der Waals surface area contributed by atoms with E-state index in [1.165, 1.54) is 12.0 Å². The Hall–Kier alpha value is -3.32. The van der Waals surface area contributed by atoms with Crippen LogP contribution in [0.4, 0.5) is 0 Å². The first-order valence-electron chi connectivity index (χ1n) is 11.7. The minimum atomic E-state index is -0.749. The average molecular weight is 468 g/mol. The van der Waals surface area contributed by atoms with Crippen LogP contribution in [0.3, 0.4) is 0 Å². The maximum atomic E-state index is 13.1. The molecule has 1 amide bonds. The second-order valence-electron chi connectivity index (χ2n) is 8.07.